The first-order valence-electron chi connectivity index (χ1n) is 10.9. The molecular weight excluding hydrogens is 455 g/mol. The SMILES string of the molecule is Cc1ccc2nc(C(O)CNCCc3nc4c(NCc5ncccc5F)ncnc4s3)[nH]c2c1. The highest BCUT2D eigenvalue weighted by Gasteiger charge is 2.14. The number of fused-ring (bicyclic) bond motifs is 2. The monoisotopic (exact) mass is 478 g/mol. The van der Waals surface area contributed by atoms with Crippen LogP contribution in [0.5, 0.6) is 0 Å². The molecule has 9 nitrogen and oxygen atoms in total. The molecule has 1 atom stereocenters. The van der Waals surface area contributed by atoms with Crippen LogP contribution in [0.3, 0.4) is 0 Å². The van der Waals surface area contributed by atoms with E-state index in [9.17, 15) is 9.50 Å². The lowest BCUT2D eigenvalue weighted by Crippen LogP contribution is -2.24. The van der Waals surface area contributed by atoms with Gasteiger partial charge in [-0.2, -0.15) is 0 Å². The quantitative estimate of drug-likeness (QED) is 0.238. The maximum atomic E-state index is 13.8. The van der Waals surface area contributed by atoms with Crippen molar-refractivity contribution in [3.8, 4) is 0 Å². The minimum atomic E-state index is -0.739. The maximum absolute atomic E-state index is 13.8. The number of aromatic amines is 1. The summed E-state index contributed by atoms with van der Waals surface area (Å²) in [6, 6.07) is 8.88. The Morgan fingerprint density at radius 1 is 1.18 bits per heavy atom. The van der Waals surface area contributed by atoms with Crippen LogP contribution in [0.15, 0.2) is 42.9 Å². The van der Waals surface area contributed by atoms with E-state index >= 15 is 0 Å². The van der Waals surface area contributed by atoms with E-state index in [1.807, 2.05) is 25.1 Å². The maximum Gasteiger partial charge on any atom is 0.157 e. The third kappa shape index (κ3) is 4.86. The summed E-state index contributed by atoms with van der Waals surface area (Å²) in [5.74, 6) is 0.717. The van der Waals surface area contributed by atoms with Crippen LogP contribution in [0.4, 0.5) is 10.2 Å². The number of aliphatic hydroxyl groups excluding tert-OH is 1. The van der Waals surface area contributed by atoms with Crippen molar-refractivity contribution >= 4 is 38.5 Å². The van der Waals surface area contributed by atoms with E-state index in [0.717, 1.165) is 26.4 Å². The number of imidazole rings is 1. The average Bonchev–Trinajstić information content (AvgIpc) is 3.45. The number of aromatic nitrogens is 6. The summed E-state index contributed by atoms with van der Waals surface area (Å²) in [4.78, 5) is 25.7. The van der Waals surface area contributed by atoms with Gasteiger partial charge in [0.15, 0.2) is 5.82 Å². The summed E-state index contributed by atoms with van der Waals surface area (Å²) in [5.41, 5.74) is 3.85. The average molecular weight is 479 g/mol. The Bertz CT molecular complexity index is 1440. The second-order valence-corrected chi connectivity index (χ2v) is 8.94. The summed E-state index contributed by atoms with van der Waals surface area (Å²) < 4.78 is 13.8. The predicted molar refractivity (Wildman–Crippen MR) is 129 cm³/mol. The van der Waals surface area contributed by atoms with Crippen LogP contribution in [0.2, 0.25) is 0 Å². The summed E-state index contributed by atoms with van der Waals surface area (Å²) in [6.07, 6.45) is 2.94. The molecule has 0 aliphatic rings. The number of halogens is 1. The van der Waals surface area contributed by atoms with Crippen LogP contribution >= 0.6 is 11.3 Å². The molecule has 4 N–H and O–H groups in total. The van der Waals surface area contributed by atoms with Gasteiger partial charge in [0.2, 0.25) is 0 Å². The van der Waals surface area contributed by atoms with E-state index in [0.29, 0.717) is 42.4 Å². The number of benzene rings is 1. The molecule has 34 heavy (non-hydrogen) atoms. The number of rotatable bonds is 9. The number of nitrogens with zero attached hydrogens (tertiary/aromatic N) is 5. The second-order valence-electron chi connectivity index (χ2n) is 7.88. The Hall–Kier alpha value is -3.54. The Morgan fingerprint density at radius 2 is 2.09 bits per heavy atom. The molecule has 4 aromatic heterocycles. The minimum Gasteiger partial charge on any atom is -0.384 e. The van der Waals surface area contributed by atoms with Crippen molar-refractivity contribution in [2.75, 3.05) is 18.4 Å². The first-order valence-corrected chi connectivity index (χ1v) is 11.7. The summed E-state index contributed by atoms with van der Waals surface area (Å²) in [5, 5.41) is 17.7. The van der Waals surface area contributed by atoms with Crippen molar-refractivity contribution in [1.29, 1.82) is 0 Å². The number of hydrogen-bond donors (Lipinski definition) is 4. The molecular formula is C23H23FN8OS. The molecule has 0 spiro atoms. The smallest absolute Gasteiger partial charge is 0.157 e. The van der Waals surface area contributed by atoms with Gasteiger partial charge in [0.25, 0.3) is 0 Å². The molecule has 1 unspecified atom stereocenters. The van der Waals surface area contributed by atoms with Crippen molar-refractivity contribution in [3.63, 3.8) is 0 Å². The fourth-order valence-corrected chi connectivity index (χ4v) is 4.48. The molecule has 0 radical (unpaired) electrons. The Morgan fingerprint density at radius 3 is 2.97 bits per heavy atom. The molecule has 0 saturated heterocycles. The molecule has 0 amide bonds. The van der Waals surface area contributed by atoms with Crippen molar-refractivity contribution in [3.05, 3.63) is 70.8 Å². The van der Waals surface area contributed by atoms with Gasteiger partial charge in [-0.15, -0.1) is 0 Å². The van der Waals surface area contributed by atoms with Crippen LogP contribution in [-0.4, -0.2) is 48.1 Å². The number of hydrogen-bond acceptors (Lipinski definition) is 9. The van der Waals surface area contributed by atoms with E-state index in [1.165, 1.54) is 23.7 Å². The largest absolute Gasteiger partial charge is 0.384 e. The van der Waals surface area contributed by atoms with Gasteiger partial charge in [-0.3, -0.25) is 4.98 Å². The van der Waals surface area contributed by atoms with E-state index in [1.54, 1.807) is 12.3 Å². The van der Waals surface area contributed by atoms with Crippen LogP contribution in [-0.2, 0) is 13.0 Å². The van der Waals surface area contributed by atoms with Gasteiger partial charge in [-0.25, -0.2) is 24.3 Å². The van der Waals surface area contributed by atoms with Crippen LogP contribution < -0.4 is 10.6 Å². The van der Waals surface area contributed by atoms with Crippen molar-refractivity contribution in [2.24, 2.45) is 0 Å². The Balaban J connectivity index is 1.17. The predicted octanol–water partition coefficient (Wildman–Crippen LogP) is 3.28. The third-order valence-corrected chi connectivity index (χ3v) is 6.35. The van der Waals surface area contributed by atoms with Gasteiger partial charge >= 0.3 is 0 Å². The fourth-order valence-electron chi connectivity index (χ4n) is 3.58. The van der Waals surface area contributed by atoms with E-state index in [2.05, 4.69) is 40.5 Å². The fraction of sp³-hybridized carbons (Fsp3) is 0.261. The number of thiazole rings is 1. The van der Waals surface area contributed by atoms with E-state index in [4.69, 9.17) is 0 Å². The van der Waals surface area contributed by atoms with Gasteiger partial charge in [-0.1, -0.05) is 17.4 Å². The topological polar surface area (TPSA) is 125 Å². The first kappa shape index (κ1) is 22.3. The zero-order chi connectivity index (χ0) is 23.5. The number of nitrogens with one attached hydrogen (secondary N) is 3. The molecule has 11 heteroatoms. The number of aryl methyl sites for hydroxylation is 1. The highest BCUT2D eigenvalue weighted by Crippen LogP contribution is 2.25. The van der Waals surface area contributed by atoms with Crippen LogP contribution in [0.1, 0.15) is 28.2 Å². The van der Waals surface area contributed by atoms with Crippen molar-refractivity contribution in [2.45, 2.75) is 26.0 Å². The standard InChI is InChI=1S/C23H23FN8OS/c1-13-4-5-15-16(9-13)31-21(30-15)18(33)11-25-8-6-19-32-20-22(28-12-29-23(20)34-19)27-10-17-14(24)3-2-7-26-17/h2-5,7,9,12,18,25,33H,6,8,10-11H2,1H3,(H,30,31)(H,27,28,29). The molecule has 0 fully saturated rings. The Kier molecular flexibility index (Phi) is 6.39. The number of pyridine rings is 1. The van der Waals surface area contributed by atoms with Crippen LogP contribution in [0.25, 0.3) is 21.4 Å². The van der Waals surface area contributed by atoms with E-state index < -0.39 is 6.10 Å². The van der Waals surface area contributed by atoms with Crippen LogP contribution in [0, 0.1) is 12.7 Å². The molecule has 5 aromatic rings. The van der Waals surface area contributed by atoms with Gasteiger partial charge in [-0.05, 0) is 36.8 Å². The van der Waals surface area contributed by atoms with Gasteiger partial charge in [0.05, 0.1) is 28.3 Å². The van der Waals surface area contributed by atoms with Gasteiger partial charge in [0, 0.05) is 25.7 Å². The molecule has 4 heterocycles. The van der Waals surface area contributed by atoms with Gasteiger partial charge < -0.3 is 20.7 Å². The molecule has 0 bridgehead atoms. The molecule has 1 aromatic carbocycles. The number of H-pyrrole nitrogens is 1. The highest BCUT2D eigenvalue weighted by molar-refractivity contribution is 7.18. The summed E-state index contributed by atoms with van der Waals surface area (Å²) in [6.45, 7) is 3.22. The van der Waals surface area contributed by atoms with E-state index in [-0.39, 0.29) is 12.4 Å². The summed E-state index contributed by atoms with van der Waals surface area (Å²) in [7, 11) is 0. The molecule has 0 aliphatic heterocycles. The zero-order valence-electron chi connectivity index (χ0n) is 18.4. The molecule has 174 valence electrons. The van der Waals surface area contributed by atoms with Crippen molar-refractivity contribution in [1.82, 2.24) is 35.2 Å². The molecule has 5 rings (SSSR count). The lowest BCUT2D eigenvalue weighted by Gasteiger charge is -2.08. The minimum absolute atomic E-state index is 0.201. The second kappa shape index (κ2) is 9.75. The lowest BCUT2D eigenvalue weighted by atomic mass is 10.2. The third-order valence-electron chi connectivity index (χ3n) is 5.32. The summed E-state index contributed by atoms with van der Waals surface area (Å²) >= 11 is 1.48. The lowest BCUT2D eigenvalue weighted by molar-refractivity contribution is 0.166. The van der Waals surface area contributed by atoms with Crippen molar-refractivity contribution < 1.29 is 9.50 Å². The van der Waals surface area contributed by atoms with Gasteiger partial charge in [0.1, 0.15) is 34.4 Å². The zero-order valence-corrected chi connectivity index (χ0v) is 19.2. The molecule has 0 saturated carbocycles. The molecule has 0 aliphatic carbocycles. The first-order chi connectivity index (χ1) is 16.6. The number of anilines is 1. The number of aliphatic hydroxyl groups is 1. The normalized spacial score (nSPS) is 12.4. The Labute approximate surface area is 198 Å². The highest BCUT2D eigenvalue weighted by atomic mass is 32.1.